The first-order valence-corrected chi connectivity index (χ1v) is 10.3. The van der Waals surface area contributed by atoms with E-state index >= 15 is 0 Å². The summed E-state index contributed by atoms with van der Waals surface area (Å²) < 4.78 is 5.69. The van der Waals surface area contributed by atoms with Gasteiger partial charge in [0, 0.05) is 13.1 Å². The zero-order chi connectivity index (χ0) is 21.1. The number of benzene rings is 2. The van der Waals surface area contributed by atoms with Crippen LogP contribution in [0.2, 0.25) is 0 Å². The number of hydrogen-bond acceptors (Lipinski definition) is 3. The van der Waals surface area contributed by atoms with Crippen molar-refractivity contribution < 1.29 is 14.3 Å². The number of nitrogens with zero attached hydrogens (tertiary/aromatic N) is 1. The standard InChI is InChI=1S/C24H32N2O3/c1-4-5-15-25-24(28)20(3)26(16-14-21-11-7-6-8-12-21)23(27)18-29-22-13-9-10-19(2)17-22/h6-13,17,20H,4-5,14-16,18H2,1-3H3,(H,25,28)/t20-/m0/s1. The summed E-state index contributed by atoms with van der Waals surface area (Å²) in [6, 6.07) is 17.0. The molecular weight excluding hydrogens is 364 g/mol. The van der Waals surface area contributed by atoms with Crippen LogP contribution in [0, 0.1) is 6.92 Å². The Hall–Kier alpha value is -2.82. The number of hydrogen-bond donors (Lipinski definition) is 1. The molecule has 0 aromatic heterocycles. The van der Waals surface area contributed by atoms with Gasteiger partial charge in [0.1, 0.15) is 11.8 Å². The van der Waals surface area contributed by atoms with Gasteiger partial charge in [-0.1, -0.05) is 55.8 Å². The van der Waals surface area contributed by atoms with Gasteiger partial charge in [-0.25, -0.2) is 0 Å². The number of carbonyl (C=O) groups excluding carboxylic acids is 2. The Balaban J connectivity index is 2.03. The molecule has 0 radical (unpaired) electrons. The quantitative estimate of drug-likeness (QED) is 0.589. The fraction of sp³-hybridized carbons (Fsp3) is 0.417. The van der Waals surface area contributed by atoms with Crippen LogP contribution in [0.25, 0.3) is 0 Å². The molecule has 2 rings (SSSR count). The van der Waals surface area contributed by atoms with E-state index in [1.54, 1.807) is 11.8 Å². The van der Waals surface area contributed by atoms with Gasteiger partial charge in [-0.3, -0.25) is 9.59 Å². The van der Waals surface area contributed by atoms with Crippen LogP contribution in [0.15, 0.2) is 54.6 Å². The molecule has 0 aliphatic rings. The molecule has 0 heterocycles. The maximum absolute atomic E-state index is 12.9. The molecule has 0 bridgehead atoms. The average Bonchev–Trinajstić information content (AvgIpc) is 2.73. The molecular formula is C24H32N2O3. The highest BCUT2D eigenvalue weighted by atomic mass is 16.5. The van der Waals surface area contributed by atoms with Crippen LogP contribution in [0.3, 0.4) is 0 Å². The second kappa shape index (κ2) is 11.9. The van der Waals surface area contributed by atoms with Crippen molar-refractivity contribution in [1.29, 1.82) is 0 Å². The summed E-state index contributed by atoms with van der Waals surface area (Å²) in [4.78, 5) is 27.1. The third kappa shape index (κ3) is 7.60. The van der Waals surface area contributed by atoms with Crippen LogP contribution in [-0.2, 0) is 16.0 Å². The van der Waals surface area contributed by atoms with Gasteiger partial charge in [-0.2, -0.15) is 0 Å². The lowest BCUT2D eigenvalue weighted by molar-refractivity contribution is -0.141. The lowest BCUT2D eigenvalue weighted by Crippen LogP contribution is -2.50. The summed E-state index contributed by atoms with van der Waals surface area (Å²) in [6.45, 7) is 6.82. The van der Waals surface area contributed by atoms with E-state index in [2.05, 4.69) is 12.2 Å². The number of ether oxygens (including phenoxy) is 1. The van der Waals surface area contributed by atoms with Gasteiger partial charge < -0.3 is 15.0 Å². The molecule has 29 heavy (non-hydrogen) atoms. The fourth-order valence-electron chi connectivity index (χ4n) is 3.04. The van der Waals surface area contributed by atoms with Crippen molar-refractivity contribution in [3.8, 4) is 5.75 Å². The molecule has 0 aliphatic carbocycles. The summed E-state index contributed by atoms with van der Waals surface area (Å²) in [6.07, 6.45) is 2.62. The number of amides is 2. The molecule has 156 valence electrons. The number of rotatable bonds is 11. The molecule has 0 saturated heterocycles. The van der Waals surface area contributed by atoms with Gasteiger partial charge in [0.25, 0.3) is 5.91 Å². The van der Waals surface area contributed by atoms with Gasteiger partial charge in [0.2, 0.25) is 5.91 Å². The topological polar surface area (TPSA) is 58.6 Å². The minimum Gasteiger partial charge on any atom is -0.484 e. The maximum Gasteiger partial charge on any atom is 0.261 e. The predicted octanol–water partition coefficient (Wildman–Crippen LogP) is 3.75. The minimum absolute atomic E-state index is 0.0924. The zero-order valence-corrected chi connectivity index (χ0v) is 17.7. The highest BCUT2D eigenvalue weighted by Gasteiger charge is 2.25. The van der Waals surface area contributed by atoms with Gasteiger partial charge in [0.15, 0.2) is 6.61 Å². The molecule has 2 aromatic rings. The number of unbranched alkanes of at least 4 members (excludes halogenated alkanes) is 1. The average molecular weight is 397 g/mol. The summed E-state index contributed by atoms with van der Waals surface area (Å²) >= 11 is 0. The zero-order valence-electron chi connectivity index (χ0n) is 17.7. The molecule has 0 unspecified atom stereocenters. The van der Waals surface area contributed by atoms with E-state index in [4.69, 9.17) is 4.74 Å². The minimum atomic E-state index is -0.552. The Bertz CT molecular complexity index is 777. The van der Waals surface area contributed by atoms with Crippen LogP contribution < -0.4 is 10.1 Å². The molecule has 0 aliphatic heterocycles. The molecule has 0 fully saturated rings. The molecule has 1 atom stereocenters. The van der Waals surface area contributed by atoms with E-state index in [-0.39, 0.29) is 18.4 Å². The Morgan fingerprint density at radius 1 is 1.10 bits per heavy atom. The number of nitrogens with one attached hydrogen (secondary N) is 1. The first kappa shape index (κ1) is 22.5. The fourth-order valence-corrected chi connectivity index (χ4v) is 3.04. The van der Waals surface area contributed by atoms with Crippen LogP contribution in [0.1, 0.15) is 37.8 Å². The van der Waals surface area contributed by atoms with E-state index in [0.717, 1.165) is 24.0 Å². The highest BCUT2D eigenvalue weighted by molar-refractivity contribution is 5.87. The molecule has 5 nitrogen and oxygen atoms in total. The second-order valence-corrected chi connectivity index (χ2v) is 7.25. The maximum atomic E-state index is 12.9. The van der Waals surface area contributed by atoms with Crippen molar-refractivity contribution in [2.75, 3.05) is 19.7 Å². The smallest absolute Gasteiger partial charge is 0.261 e. The highest BCUT2D eigenvalue weighted by Crippen LogP contribution is 2.13. The van der Waals surface area contributed by atoms with Crippen LogP contribution in [0.4, 0.5) is 0 Å². The summed E-state index contributed by atoms with van der Waals surface area (Å²) in [5.74, 6) is 0.331. The normalized spacial score (nSPS) is 11.6. The van der Waals surface area contributed by atoms with Crippen molar-refractivity contribution in [1.82, 2.24) is 10.2 Å². The summed E-state index contributed by atoms with van der Waals surface area (Å²) in [5.41, 5.74) is 2.20. The van der Waals surface area contributed by atoms with Crippen molar-refractivity contribution in [3.05, 3.63) is 65.7 Å². The van der Waals surface area contributed by atoms with Gasteiger partial charge >= 0.3 is 0 Å². The van der Waals surface area contributed by atoms with Crippen molar-refractivity contribution in [3.63, 3.8) is 0 Å². The SMILES string of the molecule is CCCCNC(=O)[C@H](C)N(CCc1ccccc1)C(=O)COc1cccc(C)c1. The van der Waals surface area contributed by atoms with Crippen molar-refractivity contribution in [2.45, 2.75) is 46.1 Å². The van der Waals surface area contributed by atoms with E-state index in [1.807, 2.05) is 61.5 Å². The second-order valence-electron chi connectivity index (χ2n) is 7.25. The Labute approximate surface area is 174 Å². The molecule has 2 aromatic carbocycles. The molecule has 2 amide bonds. The molecule has 5 heteroatoms. The summed E-state index contributed by atoms with van der Waals surface area (Å²) in [7, 11) is 0. The molecule has 0 saturated carbocycles. The first-order chi connectivity index (χ1) is 14.0. The van der Waals surface area contributed by atoms with Crippen molar-refractivity contribution in [2.24, 2.45) is 0 Å². The van der Waals surface area contributed by atoms with E-state index < -0.39 is 6.04 Å². The van der Waals surface area contributed by atoms with E-state index in [0.29, 0.717) is 25.3 Å². The van der Waals surface area contributed by atoms with E-state index in [1.165, 1.54) is 0 Å². The predicted molar refractivity (Wildman–Crippen MR) is 116 cm³/mol. The third-order valence-corrected chi connectivity index (χ3v) is 4.83. The first-order valence-electron chi connectivity index (χ1n) is 10.3. The van der Waals surface area contributed by atoms with Crippen LogP contribution in [-0.4, -0.2) is 42.5 Å². The van der Waals surface area contributed by atoms with Gasteiger partial charge in [-0.15, -0.1) is 0 Å². The lowest BCUT2D eigenvalue weighted by Gasteiger charge is -2.28. The van der Waals surface area contributed by atoms with Crippen LogP contribution in [0.5, 0.6) is 5.75 Å². The van der Waals surface area contributed by atoms with Gasteiger partial charge in [-0.05, 0) is 49.9 Å². The van der Waals surface area contributed by atoms with Crippen LogP contribution >= 0.6 is 0 Å². The molecule has 1 N–H and O–H groups in total. The Morgan fingerprint density at radius 3 is 2.55 bits per heavy atom. The third-order valence-electron chi connectivity index (χ3n) is 4.83. The molecule has 0 spiro atoms. The Kier molecular flexibility index (Phi) is 9.22. The lowest BCUT2D eigenvalue weighted by atomic mass is 10.1. The number of aryl methyl sites for hydroxylation is 1. The van der Waals surface area contributed by atoms with Gasteiger partial charge in [0.05, 0.1) is 0 Å². The Morgan fingerprint density at radius 2 is 1.86 bits per heavy atom. The summed E-state index contributed by atoms with van der Waals surface area (Å²) in [5, 5.41) is 2.92. The van der Waals surface area contributed by atoms with Crippen molar-refractivity contribution >= 4 is 11.8 Å². The number of carbonyl (C=O) groups is 2. The van der Waals surface area contributed by atoms with E-state index in [9.17, 15) is 9.59 Å². The monoisotopic (exact) mass is 396 g/mol. The largest absolute Gasteiger partial charge is 0.484 e.